The van der Waals surface area contributed by atoms with E-state index in [-0.39, 0.29) is 23.7 Å². The second-order valence-electron chi connectivity index (χ2n) is 12.2. The average Bonchev–Trinajstić information content (AvgIpc) is 3.57. The van der Waals surface area contributed by atoms with Crippen molar-refractivity contribution in [2.24, 2.45) is 11.3 Å². The highest BCUT2D eigenvalue weighted by molar-refractivity contribution is 9.10. The van der Waals surface area contributed by atoms with Gasteiger partial charge in [0.1, 0.15) is 5.75 Å². The zero-order valence-corrected chi connectivity index (χ0v) is 27.2. The van der Waals surface area contributed by atoms with Crippen LogP contribution in [-0.2, 0) is 22.6 Å². The highest BCUT2D eigenvalue weighted by Gasteiger charge is 2.48. The van der Waals surface area contributed by atoms with Gasteiger partial charge in [0, 0.05) is 48.7 Å². The fourth-order valence-corrected chi connectivity index (χ4v) is 7.54. The van der Waals surface area contributed by atoms with Crippen molar-refractivity contribution in [3.8, 4) is 5.75 Å². The molecule has 6 rings (SSSR count). The zero-order chi connectivity index (χ0) is 29.1. The van der Waals surface area contributed by atoms with Crippen molar-refractivity contribution in [3.05, 3.63) is 100 Å². The van der Waals surface area contributed by atoms with Crippen LogP contribution >= 0.6 is 28.3 Å². The van der Waals surface area contributed by atoms with Crippen molar-refractivity contribution < 1.29 is 14.3 Å². The summed E-state index contributed by atoms with van der Waals surface area (Å²) in [5, 5.41) is 0. The van der Waals surface area contributed by atoms with Crippen LogP contribution in [0.5, 0.6) is 5.75 Å². The van der Waals surface area contributed by atoms with Gasteiger partial charge in [-0.15, -0.1) is 12.4 Å². The van der Waals surface area contributed by atoms with Gasteiger partial charge in [-0.05, 0) is 67.6 Å². The summed E-state index contributed by atoms with van der Waals surface area (Å²) in [6.07, 6.45) is 3.14. The molecule has 0 N–H and O–H groups in total. The monoisotopic (exact) mass is 665 g/mol. The Morgan fingerprint density at radius 2 is 1.58 bits per heavy atom. The Balaban J connectivity index is 0.00000368. The Morgan fingerprint density at radius 3 is 2.30 bits per heavy atom. The average molecular weight is 667 g/mol. The SMILES string of the molecule is COc1ccccc1CC(=O)N1C[C@H](CN2CCC3(CC2)CCN(Cc2ccc(Br)cc2)C3=O)[C@@H](c2ccccc2)C1.Cl. The second-order valence-corrected chi connectivity index (χ2v) is 13.2. The molecule has 0 saturated carbocycles. The number of hydrogen-bond acceptors (Lipinski definition) is 4. The second kappa shape index (κ2) is 13.8. The molecule has 1 spiro atoms. The number of hydrogen-bond donors (Lipinski definition) is 0. The predicted molar refractivity (Wildman–Crippen MR) is 175 cm³/mol. The van der Waals surface area contributed by atoms with Crippen molar-refractivity contribution in [2.75, 3.05) is 46.4 Å². The summed E-state index contributed by atoms with van der Waals surface area (Å²) in [7, 11) is 1.66. The summed E-state index contributed by atoms with van der Waals surface area (Å²) in [5.41, 5.74) is 3.20. The lowest BCUT2D eigenvalue weighted by molar-refractivity contribution is -0.139. The van der Waals surface area contributed by atoms with E-state index in [1.807, 2.05) is 36.4 Å². The molecule has 8 heteroatoms. The fourth-order valence-electron chi connectivity index (χ4n) is 7.27. The van der Waals surface area contributed by atoms with Crippen molar-refractivity contribution in [2.45, 2.75) is 38.1 Å². The first kappa shape index (κ1) is 31.6. The molecule has 2 amide bonds. The molecular weight excluding hydrogens is 626 g/mol. The molecule has 228 valence electrons. The van der Waals surface area contributed by atoms with Gasteiger partial charge in [0.25, 0.3) is 0 Å². The number of para-hydroxylation sites is 1. The molecule has 0 unspecified atom stereocenters. The number of piperidine rings is 1. The number of carbonyl (C=O) groups excluding carboxylic acids is 2. The minimum atomic E-state index is -0.211. The third kappa shape index (κ3) is 6.95. The Morgan fingerprint density at radius 1 is 0.907 bits per heavy atom. The Hall–Kier alpha value is -2.87. The third-order valence-corrected chi connectivity index (χ3v) is 10.3. The van der Waals surface area contributed by atoms with Crippen LogP contribution in [0, 0.1) is 11.3 Å². The minimum Gasteiger partial charge on any atom is -0.496 e. The summed E-state index contributed by atoms with van der Waals surface area (Å²) in [5.74, 6) is 1.92. The smallest absolute Gasteiger partial charge is 0.229 e. The number of amides is 2. The summed E-state index contributed by atoms with van der Waals surface area (Å²) in [6.45, 7) is 5.86. The van der Waals surface area contributed by atoms with Gasteiger partial charge in [-0.25, -0.2) is 0 Å². The molecule has 3 heterocycles. The molecule has 0 aliphatic carbocycles. The summed E-state index contributed by atoms with van der Waals surface area (Å²) in [4.78, 5) is 33.8. The lowest BCUT2D eigenvalue weighted by Crippen LogP contribution is -2.46. The zero-order valence-electron chi connectivity index (χ0n) is 24.8. The molecule has 3 aliphatic rings. The first-order valence-corrected chi connectivity index (χ1v) is 15.9. The number of rotatable bonds is 8. The standard InChI is InChI=1S/C35H40BrN3O3.ClH/c1-42-32-10-6-5-9-28(32)21-33(40)39-24-29(31(25-39)27-7-3-2-4-8-27)23-37-18-15-35(16-19-37)17-20-38(34(35)41)22-26-11-13-30(36)14-12-26;/h2-14,29,31H,15-25H2,1H3;1H/t29-,31+;/m0./s1. The first-order valence-electron chi connectivity index (χ1n) is 15.1. The number of likely N-dealkylation sites (tertiary alicyclic amines) is 3. The minimum absolute atomic E-state index is 0. The Labute approximate surface area is 269 Å². The molecule has 3 aliphatic heterocycles. The maximum absolute atomic E-state index is 13.6. The van der Waals surface area contributed by atoms with Crippen molar-refractivity contribution in [1.29, 1.82) is 0 Å². The van der Waals surface area contributed by atoms with Crippen LogP contribution in [0.2, 0.25) is 0 Å². The molecular formula is C35H41BrClN3O3. The lowest BCUT2D eigenvalue weighted by atomic mass is 9.76. The van der Waals surface area contributed by atoms with Gasteiger partial charge in [0.05, 0.1) is 18.9 Å². The van der Waals surface area contributed by atoms with Crippen LogP contribution in [0.4, 0.5) is 0 Å². The van der Waals surface area contributed by atoms with Crippen LogP contribution in [0.1, 0.15) is 41.9 Å². The van der Waals surface area contributed by atoms with E-state index in [9.17, 15) is 9.59 Å². The van der Waals surface area contributed by atoms with Gasteiger partial charge in [-0.3, -0.25) is 9.59 Å². The molecule has 0 aromatic heterocycles. The van der Waals surface area contributed by atoms with E-state index in [0.29, 0.717) is 30.7 Å². The molecule has 3 saturated heterocycles. The van der Waals surface area contributed by atoms with E-state index in [2.05, 4.69) is 73.1 Å². The highest BCUT2D eigenvalue weighted by Crippen LogP contribution is 2.43. The normalized spacial score (nSPS) is 21.7. The van der Waals surface area contributed by atoms with E-state index < -0.39 is 0 Å². The molecule has 43 heavy (non-hydrogen) atoms. The fraction of sp³-hybridized carbons (Fsp3) is 0.429. The molecule has 0 radical (unpaired) electrons. The van der Waals surface area contributed by atoms with E-state index >= 15 is 0 Å². The van der Waals surface area contributed by atoms with Gasteiger partial charge in [-0.2, -0.15) is 0 Å². The maximum atomic E-state index is 13.6. The van der Waals surface area contributed by atoms with E-state index in [1.54, 1.807) is 7.11 Å². The van der Waals surface area contributed by atoms with Crippen LogP contribution < -0.4 is 4.74 Å². The Bertz CT molecular complexity index is 1390. The van der Waals surface area contributed by atoms with Crippen LogP contribution in [0.25, 0.3) is 0 Å². The number of halogens is 2. The van der Waals surface area contributed by atoms with Crippen molar-refractivity contribution in [1.82, 2.24) is 14.7 Å². The number of nitrogens with zero attached hydrogens (tertiary/aromatic N) is 3. The van der Waals surface area contributed by atoms with Crippen molar-refractivity contribution >= 4 is 40.2 Å². The van der Waals surface area contributed by atoms with E-state index in [1.165, 1.54) is 11.1 Å². The molecule has 3 aromatic carbocycles. The molecule has 6 nitrogen and oxygen atoms in total. The van der Waals surface area contributed by atoms with Crippen LogP contribution in [0.3, 0.4) is 0 Å². The maximum Gasteiger partial charge on any atom is 0.229 e. The van der Waals surface area contributed by atoms with Gasteiger partial charge in [-0.1, -0.05) is 76.6 Å². The largest absolute Gasteiger partial charge is 0.496 e. The van der Waals surface area contributed by atoms with E-state index in [4.69, 9.17) is 4.74 Å². The van der Waals surface area contributed by atoms with E-state index in [0.717, 1.165) is 74.3 Å². The molecule has 0 bridgehead atoms. The number of ether oxygens (including phenoxy) is 1. The predicted octanol–water partition coefficient (Wildman–Crippen LogP) is 6.18. The molecule has 2 atom stereocenters. The summed E-state index contributed by atoms with van der Waals surface area (Å²) < 4.78 is 6.56. The van der Waals surface area contributed by atoms with Crippen LogP contribution in [-0.4, -0.2) is 72.9 Å². The van der Waals surface area contributed by atoms with Gasteiger partial charge >= 0.3 is 0 Å². The first-order chi connectivity index (χ1) is 20.4. The number of methoxy groups -OCH3 is 1. The topological polar surface area (TPSA) is 53.1 Å². The lowest BCUT2D eigenvalue weighted by Gasteiger charge is -2.39. The highest BCUT2D eigenvalue weighted by atomic mass is 79.9. The van der Waals surface area contributed by atoms with Gasteiger partial charge in [0.2, 0.25) is 11.8 Å². The van der Waals surface area contributed by atoms with Gasteiger partial charge in [0.15, 0.2) is 0 Å². The number of benzene rings is 3. The third-order valence-electron chi connectivity index (χ3n) is 9.75. The molecule has 3 aromatic rings. The Kier molecular flexibility index (Phi) is 10.2. The van der Waals surface area contributed by atoms with Gasteiger partial charge < -0.3 is 19.4 Å². The van der Waals surface area contributed by atoms with Crippen LogP contribution in [0.15, 0.2) is 83.3 Å². The van der Waals surface area contributed by atoms with Crippen molar-refractivity contribution in [3.63, 3.8) is 0 Å². The summed E-state index contributed by atoms with van der Waals surface area (Å²) >= 11 is 3.50. The summed E-state index contributed by atoms with van der Waals surface area (Å²) in [6, 6.07) is 26.7. The molecule has 3 fully saturated rings. The quantitative estimate of drug-likeness (QED) is 0.288. The number of carbonyl (C=O) groups is 2.